The van der Waals surface area contributed by atoms with Gasteiger partial charge in [-0.1, -0.05) is 54.6 Å². The summed E-state index contributed by atoms with van der Waals surface area (Å²) in [6.45, 7) is 0. The number of hydrogen-bond donors (Lipinski definition) is 0. The highest BCUT2D eigenvalue weighted by molar-refractivity contribution is 7.30. The average molecular weight is 457 g/mol. The van der Waals surface area contributed by atoms with Crippen molar-refractivity contribution in [2.45, 2.75) is 0 Å². The second-order valence-electron chi connectivity index (χ2n) is 8.39. The fourth-order valence-corrected chi connectivity index (χ4v) is 7.96. The largest absolute Gasteiger partial charge is 0.306 e. The van der Waals surface area contributed by atoms with Crippen LogP contribution in [0.25, 0.3) is 67.8 Å². The molecule has 2 nitrogen and oxygen atoms in total. The molecular formula is C29H16N2S2. The molecule has 4 aromatic carbocycles. The Morgan fingerprint density at radius 3 is 2.00 bits per heavy atom. The van der Waals surface area contributed by atoms with Crippen LogP contribution in [0, 0.1) is 0 Å². The van der Waals surface area contributed by atoms with Crippen molar-refractivity contribution in [2.24, 2.45) is 0 Å². The first-order valence-electron chi connectivity index (χ1n) is 11.0. The third-order valence-electron chi connectivity index (χ3n) is 6.66. The van der Waals surface area contributed by atoms with Crippen LogP contribution in [0.2, 0.25) is 0 Å². The molecule has 4 heteroatoms. The molecule has 154 valence electrons. The smallest absolute Gasteiger partial charge is 0.0727 e. The van der Waals surface area contributed by atoms with Crippen LogP contribution in [-0.2, 0) is 0 Å². The fraction of sp³-hybridized carbons (Fsp3) is 0. The van der Waals surface area contributed by atoms with Gasteiger partial charge in [-0.05, 0) is 30.3 Å². The molecule has 0 bridgehead atoms. The number of nitrogens with zero attached hydrogens (tertiary/aromatic N) is 2. The van der Waals surface area contributed by atoms with E-state index >= 15 is 0 Å². The predicted octanol–water partition coefficient (Wildman–Crippen LogP) is 8.91. The Balaban J connectivity index is 1.80. The number of thiophene rings is 2. The van der Waals surface area contributed by atoms with Gasteiger partial charge in [0.05, 0.1) is 27.6 Å². The molecule has 4 aromatic heterocycles. The molecule has 0 saturated heterocycles. The van der Waals surface area contributed by atoms with Crippen LogP contribution in [0.5, 0.6) is 0 Å². The molecule has 0 radical (unpaired) electrons. The Kier molecular flexibility index (Phi) is 3.45. The van der Waals surface area contributed by atoms with Crippen molar-refractivity contribution in [2.75, 3.05) is 0 Å². The van der Waals surface area contributed by atoms with Gasteiger partial charge in [-0.3, -0.25) is 4.98 Å². The summed E-state index contributed by atoms with van der Waals surface area (Å²) in [6, 6.07) is 30.7. The summed E-state index contributed by atoms with van der Waals surface area (Å²) < 4.78 is 7.84. The van der Waals surface area contributed by atoms with Crippen molar-refractivity contribution in [3.05, 3.63) is 97.3 Å². The maximum absolute atomic E-state index is 4.46. The van der Waals surface area contributed by atoms with Crippen molar-refractivity contribution >= 4 is 84.8 Å². The highest BCUT2D eigenvalue weighted by Gasteiger charge is 2.23. The number of rotatable bonds is 1. The van der Waals surface area contributed by atoms with Crippen molar-refractivity contribution < 1.29 is 0 Å². The lowest BCUT2D eigenvalue weighted by Crippen LogP contribution is -1.94. The number of benzene rings is 4. The molecular weight excluding hydrogens is 440 g/mol. The van der Waals surface area contributed by atoms with Crippen LogP contribution in [0.4, 0.5) is 0 Å². The summed E-state index contributed by atoms with van der Waals surface area (Å²) in [5.41, 5.74) is 3.61. The molecule has 0 aliphatic carbocycles. The molecule has 0 aliphatic heterocycles. The second-order valence-corrected chi connectivity index (χ2v) is 10.5. The minimum atomic E-state index is 1.10. The van der Waals surface area contributed by atoms with E-state index in [1.165, 1.54) is 62.2 Å². The van der Waals surface area contributed by atoms with Gasteiger partial charge in [-0.2, -0.15) is 0 Å². The summed E-state index contributed by atoms with van der Waals surface area (Å²) in [4.78, 5) is 4.46. The van der Waals surface area contributed by atoms with E-state index in [0.717, 1.165) is 5.69 Å². The highest BCUT2D eigenvalue weighted by Crippen LogP contribution is 2.51. The van der Waals surface area contributed by atoms with Crippen LogP contribution >= 0.6 is 22.7 Å². The summed E-state index contributed by atoms with van der Waals surface area (Å²) in [5, 5.41) is 8.09. The van der Waals surface area contributed by atoms with Crippen LogP contribution < -0.4 is 0 Å². The zero-order valence-corrected chi connectivity index (χ0v) is 19.1. The molecule has 0 unspecified atom stereocenters. The van der Waals surface area contributed by atoms with E-state index in [9.17, 15) is 0 Å². The zero-order chi connectivity index (χ0) is 21.5. The first-order valence-corrected chi connectivity index (χ1v) is 12.6. The minimum Gasteiger partial charge on any atom is -0.306 e. The van der Waals surface area contributed by atoms with Gasteiger partial charge in [0, 0.05) is 52.6 Å². The summed E-state index contributed by atoms with van der Waals surface area (Å²) in [7, 11) is 0. The molecule has 0 N–H and O–H groups in total. The first-order chi connectivity index (χ1) is 16.4. The SMILES string of the molecule is c1cncc(-n2c3ccccc3c3c4c5ccccc5sc4c4c5ccccc5sc4c32)c1. The summed E-state index contributed by atoms with van der Waals surface area (Å²) in [6.07, 6.45) is 3.82. The lowest BCUT2D eigenvalue weighted by atomic mass is 10.0. The van der Waals surface area contributed by atoms with Crippen LogP contribution in [0.15, 0.2) is 97.3 Å². The van der Waals surface area contributed by atoms with Gasteiger partial charge in [0.15, 0.2) is 0 Å². The number of para-hydroxylation sites is 1. The van der Waals surface area contributed by atoms with Gasteiger partial charge < -0.3 is 4.57 Å². The van der Waals surface area contributed by atoms with Crippen molar-refractivity contribution in [1.29, 1.82) is 0 Å². The summed E-state index contributed by atoms with van der Waals surface area (Å²) >= 11 is 3.83. The zero-order valence-electron chi connectivity index (χ0n) is 17.4. The van der Waals surface area contributed by atoms with Gasteiger partial charge in [0.25, 0.3) is 0 Å². The molecule has 4 heterocycles. The second kappa shape index (κ2) is 6.41. The van der Waals surface area contributed by atoms with Crippen LogP contribution in [0.3, 0.4) is 0 Å². The Morgan fingerprint density at radius 1 is 0.576 bits per heavy atom. The van der Waals surface area contributed by atoms with Gasteiger partial charge in [-0.25, -0.2) is 0 Å². The van der Waals surface area contributed by atoms with E-state index in [0.29, 0.717) is 0 Å². The molecule has 8 aromatic rings. The monoisotopic (exact) mass is 456 g/mol. The van der Waals surface area contributed by atoms with Gasteiger partial charge in [0.1, 0.15) is 0 Å². The molecule has 8 rings (SSSR count). The van der Waals surface area contributed by atoms with Gasteiger partial charge >= 0.3 is 0 Å². The standard InChI is InChI=1S/C29H16N2S2/c1-4-12-21-18(9-1)24-25-19-10-2-5-13-22(19)32-28(25)26-20-11-3-6-14-23(20)33-29(26)27(24)31(21)17-8-7-15-30-16-17/h1-16H. The molecule has 0 fully saturated rings. The molecule has 33 heavy (non-hydrogen) atoms. The molecule has 0 amide bonds. The van der Waals surface area contributed by atoms with Gasteiger partial charge in [-0.15, -0.1) is 22.7 Å². The normalized spacial score (nSPS) is 12.2. The van der Waals surface area contributed by atoms with Crippen LogP contribution in [-0.4, -0.2) is 9.55 Å². The maximum atomic E-state index is 4.46. The van der Waals surface area contributed by atoms with E-state index in [-0.39, 0.29) is 0 Å². The highest BCUT2D eigenvalue weighted by atomic mass is 32.1. The number of pyridine rings is 1. The first kappa shape index (κ1) is 17.8. The average Bonchev–Trinajstić information content (AvgIpc) is 3.54. The third kappa shape index (κ3) is 2.24. The van der Waals surface area contributed by atoms with Crippen molar-refractivity contribution in [1.82, 2.24) is 9.55 Å². The Labute approximate surface area is 196 Å². The number of aromatic nitrogens is 2. The Bertz CT molecular complexity index is 2020. The Hall–Kier alpha value is -3.73. The maximum Gasteiger partial charge on any atom is 0.0727 e. The van der Waals surface area contributed by atoms with Gasteiger partial charge in [0.2, 0.25) is 0 Å². The van der Waals surface area contributed by atoms with E-state index in [1.807, 2.05) is 41.1 Å². The van der Waals surface area contributed by atoms with E-state index < -0.39 is 0 Å². The lowest BCUT2D eigenvalue weighted by molar-refractivity contribution is 1.15. The molecule has 0 atom stereocenters. The third-order valence-corrected chi connectivity index (χ3v) is 9.03. The lowest BCUT2D eigenvalue weighted by Gasteiger charge is -2.08. The molecule has 0 aliphatic rings. The quantitative estimate of drug-likeness (QED) is 0.241. The molecule has 0 spiro atoms. The number of hydrogen-bond acceptors (Lipinski definition) is 3. The molecule has 0 saturated carbocycles. The fourth-order valence-electron chi connectivity index (χ4n) is 5.37. The van der Waals surface area contributed by atoms with Crippen molar-refractivity contribution in [3.8, 4) is 5.69 Å². The topological polar surface area (TPSA) is 17.8 Å². The van der Waals surface area contributed by atoms with E-state index in [1.54, 1.807) is 0 Å². The van der Waals surface area contributed by atoms with Crippen molar-refractivity contribution in [3.63, 3.8) is 0 Å². The number of fused-ring (bicyclic) bond motifs is 12. The van der Waals surface area contributed by atoms with Crippen LogP contribution in [0.1, 0.15) is 0 Å². The minimum absolute atomic E-state index is 1.10. The predicted molar refractivity (Wildman–Crippen MR) is 144 cm³/mol. The summed E-state index contributed by atoms with van der Waals surface area (Å²) in [5.74, 6) is 0. The van der Waals surface area contributed by atoms with E-state index in [4.69, 9.17) is 0 Å². The van der Waals surface area contributed by atoms with E-state index in [2.05, 4.69) is 88.4 Å². The Morgan fingerprint density at radius 2 is 1.24 bits per heavy atom.